The highest BCUT2D eigenvalue weighted by molar-refractivity contribution is 5.80. The van der Waals surface area contributed by atoms with Crippen molar-refractivity contribution in [1.29, 1.82) is 0 Å². The number of nitrogens with zero attached hydrogens (tertiary/aromatic N) is 1. The highest BCUT2D eigenvalue weighted by Gasteiger charge is 2.01. The third kappa shape index (κ3) is 2.75. The Balaban J connectivity index is 0.000000386. The summed E-state index contributed by atoms with van der Waals surface area (Å²) in [5.41, 5.74) is 2.73. The number of hydrogen-bond acceptors (Lipinski definition) is 0. The molecule has 1 nitrogen and oxygen atoms in total. The van der Waals surface area contributed by atoms with Crippen LogP contribution in [0.15, 0.2) is 43.1 Å². The molecule has 16 heavy (non-hydrogen) atoms. The Labute approximate surface area is 98.4 Å². The zero-order valence-electron chi connectivity index (χ0n) is 10.7. The van der Waals surface area contributed by atoms with Crippen LogP contribution in [-0.4, -0.2) is 4.57 Å². The van der Waals surface area contributed by atoms with Crippen molar-refractivity contribution in [3.63, 3.8) is 0 Å². The molecule has 0 radical (unpaired) electrons. The molecule has 0 saturated heterocycles. The minimum absolute atomic E-state index is 0.615. The number of fused-ring (bicyclic) bond motifs is 1. The fourth-order valence-corrected chi connectivity index (χ4v) is 1.66. The van der Waals surface area contributed by atoms with E-state index in [4.69, 9.17) is 0 Å². The monoisotopic (exact) mass is 215 g/mol. The minimum atomic E-state index is 0.615. The quantitative estimate of drug-likeness (QED) is 0.617. The Morgan fingerprint density at radius 1 is 1.25 bits per heavy atom. The average molecular weight is 215 g/mol. The molecule has 0 atom stereocenters. The first kappa shape index (κ1) is 12.6. The summed E-state index contributed by atoms with van der Waals surface area (Å²) in [6, 6.07) is 8.86. The zero-order valence-corrected chi connectivity index (χ0v) is 10.7. The van der Waals surface area contributed by atoms with Gasteiger partial charge in [0.05, 0.1) is 0 Å². The van der Waals surface area contributed by atoms with Crippen molar-refractivity contribution in [2.75, 3.05) is 0 Å². The molecule has 0 aliphatic carbocycles. The van der Waals surface area contributed by atoms with Gasteiger partial charge in [0.2, 0.25) is 0 Å². The van der Waals surface area contributed by atoms with E-state index in [1.165, 1.54) is 16.5 Å². The molecular formula is C15H21N. The van der Waals surface area contributed by atoms with Gasteiger partial charge in [0.25, 0.3) is 0 Å². The lowest BCUT2D eigenvalue weighted by atomic mass is 10.0. The molecule has 0 unspecified atom stereocenters. The van der Waals surface area contributed by atoms with E-state index >= 15 is 0 Å². The molecule has 0 aliphatic heterocycles. The predicted molar refractivity (Wildman–Crippen MR) is 72.9 cm³/mol. The maximum Gasteiger partial charge on any atom is 0.0477 e. The Kier molecular flexibility index (Phi) is 4.36. The Morgan fingerprint density at radius 2 is 1.88 bits per heavy atom. The van der Waals surface area contributed by atoms with Crippen molar-refractivity contribution < 1.29 is 0 Å². The maximum atomic E-state index is 3.36. The van der Waals surface area contributed by atoms with Crippen LogP contribution in [0.5, 0.6) is 0 Å². The van der Waals surface area contributed by atoms with Crippen molar-refractivity contribution >= 4 is 10.9 Å². The molecule has 0 amide bonds. The molecular weight excluding hydrogens is 194 g/mol. The van der Waals surface area contributed by atoms with Gasteiger partial charge in [0.15, 0.2) is 0 Å². The molecule has 1 aromatic carbocycles. The van der Waals surface area contributed by atoms with Crippen LogP contribution in [-0.2, 0) is 7.05 Å². The normalized spacial score (nSPS) is 10.1. The van der Waals surface area contributed by atoms with E-state index in [1.54, 1.807) is 6.08 Å². The van der Waals surface area contributed by atoms with E-state index in [0.717, 1.165) is 0 Å². The maximum absolute atomic E-state index is 3.36. The third-order valence-corrected chi connectivity index (χ3v) is 2.58. The number of allylic oxidation sites excluding steroid dienone is 1. The molecule has 0 bridgehead atoms. The molecule has 1 aromatic heterocycles. The van der Waals surface area contributed by atoms with Gasteiger partial charge in [0.1, 0.15) is 0 Å². The Hall–Kier alpha value is -1.50. The van der Waals surface area contributed by atoms with Crippen LogP contribution >= 0.6 is 0 Å². The van der Waals surface area contributed by atoms with Gasteiger partial charge in [-0.3, -0.25) is 0 Å². The van der Waals surface area contributed by atoms with Crippen LogP contribution in [0.1, 0.15) is 32.3 Å². The first-order valence-electron chi connectivity index (χ1n) is 5.72. The summed E-state index contributed by atoms with van der Waals surface area (Å²) in [5.74, 6) is 0.615. The second kappa shape index (κ2) is 5.55. The van der Waals surface area contributed by atoms with Crippen molar-refractivity contribution in [2.24, 2.45) is 7.05 Å². The zero-order chi connectivity index (χ0) is 12.1. The first-order valence-corrected chi connectivity index (χ1v) is 5.72. The first-order chi connectivity index (χ1) is 7.60. The molecule has 2 aromatic rings. The second-order valence-corrected chi connectivity index (χ2v) is 4.31. The minimum Gasteiger partial charge on any atom is -0.351 e. The highest BCUT2D eigenvalue weighted by Crippen LogP contribution is 2.21. The Bertz CT molecular complexity index is 463. The molecule has 0 aliphatic rings. The van der Waals surface area contributed by atoms with Gasteiger partial charge in [-0.1, -0.05) is 26.0 Å². The fourth-order valence-electron chi connectivity index (χ4n) is 1.66. The van der Waals surface area contributed by atoms with Crippen LogP contribution in [0.25, 0.3) is 10.9 Å². The summed E-state index contributed by atoms with van der Waals surface area (Å²) in [6.45, 7) is 9.70. The summed E-state index contributed by atoms with van der Waals surface area (Å²) < 4.78 is 2.15. The Morgan fingerprint density at radius 3 is 2.44 bits per heavy atom. The number of hydrogen-bond donors (Lipinski definition) is 0. The molecule has 0 N–H and O–H groups in total. The smallest absolute Gasteiger partial charge is 0.0477 e. The summed E-state index contributed by atoms with van der Waals surface area (Å²) >= 11 is 0. The van der Waals surface area contributed by atoms with E-state index in [1.807, 2.05) is 6.92 Å². The van der Waals surface area contributed by atoms with E-state index in [-0.39, 0.29) is 0 Å². The van der Waals surface area contributed by atoms with Crippen molar-refractivity contribution in [2.45, 2.75) is 26.7 Å². The van der Waals surface area contributed by atoms with E-state index in [2.05, 4.69) is 62.5 Å². The average Bonchev–Trinajstić information content (AvgIpc) is 2.61. The van der Waals surface area contributed by atoms with Gasteiger partial charge in [0, 0.05) is 18.8 Å². The third-order valence-electron chi connectivity index (χ3n) is 2.58. The van der Waals surface area contributed by atoms with Gasteiger partial charge in [-0.25, -0.2) is 0 Å². The standard InChI is InChI=1S/C12H15N.C3H6/c1-9(2)10-4-5-12-11(8-10)6-7-13(12)3;1-3-2/h4-9H,1-3H3;3H,1H2,2H3. The lowest BCUT2D eigenvalue weighted by Gasteiger charge is -2.05. The van der Waals surface area contributed by atoms with Crippen molar-refractivity contribution in [3.05, 3.63) is 48.7 Å². The number of benzene rings is 1. The summed E-state index contributed by atoms with van der Waals surface area (Å²) in [4.78, 5) is 0. The van der Waals surface area contributed by atoms with E-state index in [0.29, 0.717) is 5.92 Å². The topological polar surface area (TPSA) is 4.93 Å². The number of rotatable bonds is 1. The van der Waals surface area contributed by atoms with E-state index < -0.39 is 0 Å². The van der Waals surface area contributed by atoms with Crippen molar-refractivity contribution in [1.82, 2.24) is 4.57 Å². The van der Waals surface area contributed by atoms with Crippen LogP contribution < -0.4 is 0 Å². The van der Waals surface area contributed by atoms with Crippen LogP contribution in [0.3, 0.4) is 0 Å². The largest absolute Gasteiger partial charge is 0.351 e. The molecule has 0 saturated carbocycles. The van der Waals surface area contributed by atoms with Crippen LogP contribution in [0.2, 0.25) is 0 Å². The fraction of sp³-hybridized carbons (Fsp3) is 0.333. The van der Waals surface area contributed by atoms with Gasteiger partial charge in [-0.2, -0.15) is 0 Å². The summed E-state index contributed by atoms with van der Waals surface area (Å²) in [7, 11) is 2.08. The van der Waals surface area contributed by atoms with E-state index in [9.17, 15) is 0 Å². The molecule has 0 fully saturated rings. The predicted octanol–water partition coefficient (Wildman–Crippen LogP) is 4.49. The lowest BCUT2D eigenvalue weighted by Crippen LogP contribution is -1.88. The number of aryl methyl sites for hydroxylation is 1. The van der Waals surface area contributed by atoms with Gasteiger partial charge in [-0.05, 0) is 42.0 Å². The SMILES string of the molecule is C=CC.CC(C)c1ccc2c(ccn2C)c1. The summed E-state index contributed by atoms with van der Waals surface area (Å²) in [5, 5.41) is 1.34. The molecule has 2 rings (SSSR count). The molecule has 1 heterocycles. The van der Waals surface area contributed by atoms with Crippen molar-refractivity contribution in [3.8, 4) is 0 Å². The molecule has 0 spiro atoms. The number of aromatic nitrogens is 1. The van der Waals surface area contributed by atoms with Gasteiger partial charge >= 0.3 is 0 Å². The molecule has 1 heteroatoms. The van der Waals surface area contributed by atoms with Gasteiger partial charge < -0.3 is 4.57 Å². The van der Waals surface area contributed by atoms with Crippen LogP contribution in [0, 0.1) is 0 Å². The summed E-state index contributed by atoms with van der Waals surface area (Å²) in [6.07, 6.45) is 3.86. The highest BCUT2D eigenvalue weighted by atomic mass is 14.9. The second-order valence-electron chi connectivity index (χ2n) is 4.31. The van der Waals surface area contributed by atoms with Crippen LogP contribution in [0.4, 0.5) is 0 Å². The van der Waals surface area contributed by atoms with Gasteiger partial charge in [-0.15, -0.1) is 6.58 Å². The molecule has 86 valence electrons. The lowest BCUT2D eigenvalue weighted by molar-refractivity contribution is 0.868.